The first-order valence-corrected chi connectivity index (χ1v) is 16.3. The smallest absolute Gasteiger partial charge is 0.137 e. The first kappa shape index (κ1) is 27.9. The lowest BCUT2D eigenvalue weighted by atomic mass is 9.95. The van der Waals surface area contributed by atoms with Gasteiger partial charge in [0.2, 0.25) is 0 Å². The van der Waals surface area contributed by atoms with Gasteiger partial charge in [-0.05, 0) is 77.4 Å². The van der Waals surface area contributed by atoms with Gasteiger partial charge in [0.05, 0.1) is 22.8 Å². The van der Waals surface area contributed by atoms with Gasteiger partial charge < -0.3 is 14.6 Å². The van der Waals surface area contributed by atoms with E-state index in [4.69, 9.17) is 9.41 Å². The van der Waals surface area contributed by atoms with Crippen LogP contribution in [0.3, 0.4) is 0 Å². The summed E-state index contributed by atoms with van der Waals surface area (Å²) < 4.78 is 6.49. The van der Waals surface area contributed by atoms with Crippen molar-refractivity contribution in [3.63, 3.8) is 0 Å². The molecule has 9 rings (SSSR count). The van der Waals surface area contributed by atoms with Gasteiger partial charge >= 0.3 is 0 Å². The molecule has 0 amide bonds. The van der Waals surface area contributed by atoms with Crippen LogP contribution in [-0.2, 0) is 0 Å². The number of nitrogens with one attached hydrogen (secondary N) is 1. The quantitative estimate of drug-likeness (QED) is 0.202. The van der Waals surface area contributed by atoms with Gasteiger partial charge in [-0.25, -0.2) is 4.99 Å². The molecule has 1 unspecified atom stereocenters. The Labute approximate surface area is 279 Å². The molecule has 2 heterocycles. The Morgan fingerprint density at radius 1 is 0.521 bits per heavy atom. The fourth-order valence-electron chi connectivity index (χ4n) is 6.84. The minimum absolute atomic E-state index is 0.00492. The zero-order valence-corrected chi connectivity index (χ0v) is 26.1. The zero-order chi connectivity index (χ0) is 31.9. The lowest BCUT2D eigenvalue weighted by Gasteiger charge is -2.28. The highest BCUT2D eigenvalue weighted by Crippen LogP contribution is 2.43. The van der Waals surface area contributed by atoms with Crippen molar-refractivity contribution in [2.45, 2.75) is 6.04 Å². The predicted molar refractivity (Wildman–Crippen MR) is 198 cm³/mol. The van der Waals surface area contributed by atoms with E-state index in [9.17, 15) is 0 Å². The van der Waals surface area contributed by atoms with Crippen LogP contribution < -0.4 is 10.2 Å². The number of nitrogens with zero attached hydrogens (tertiary/aromatic N) is 2. The minimum Gasteiger partial charge on any atom is -0.456 e. The van der Waals surface area contributed by atoms with Gasteiger partial charge in [0.1, 0.15) is 17.0 Å². The van der Waals surface area contributed by atoms with Crippen LogP contribution in [0.15, 0.2) is 185 Å². The Bertz CT molecular complexity index is 2410. The van der Waals surface area contributed by atoms with Gasteiger partial charge in [-0.3, -0.25) is 0 Å². The maximum Gasteiger partial charge on any atom is 0.137 e. The molecule has 0 saturated carbocycles. The summed E-state index contributed by atoms with van der Waals surface area (Å²) in [5, 5.41) is 5.86. The summed E-state index contributed by atoms with van der Waals surface area (Å²) in [6.45, 7) is 0. The van der Waals surface area contributed by atoms with Gasteiger partial charge in [0.25, 0.3) is 0 Å². The average Bonchev–Trinajstić information content (AvgIpc) is 3.55. The van der Waals surface area contributed by atoms with Crippen LogP contribution in [-0.4, -0.2) is 5.84 Å². The highest BCUT2D eigenvalue weighted by molar-refractivity contribution is 6.15. The molecule has 0 bridgehead atoms. The van der Waals surface area contributed by atoms with Crippen LogP contribution in [0.1, 0.15) is 22.7 Å². The topological polar surface area (TPSA) is 40.8 Å². The molecular formula is C44H31N3O. The molecule has 1 aliphatic heterocycles. The monoisotopic (exact) mass is 617 g/mol. The fourth-order valence-corrected chi connectivity index (χ4v) is 6.84. The lowest BCUT2D eigenvalue weighted by molar-refractivity contribution is 0.669. The molecule has 0 radical (unpaired) electrons. The molecule has 1 aromatic heterocycles. The third-order valence-electron chi connectivity index (χ3n) is 9.13. The van der Waals surface area contributed by atoms with Gasteiger partial charge in [0, 0.05) is 27.9 Å². The molecule has 48 heavy (non-hydrogen) atoms. The molecule has 4 heteroatoms. The van der Waals surface area contributed by atoms with Gasteiger partial charge in [-0.1, -0.05) is 115 Å². The molecule has 0 fully saturated rings. The number of aliphatic imine (C=N–C) groups is 1. The normalized spacial score (nSPS) is 13.9. The van der Waals surface area contributed by atoms with Crippen LogP contribution >= 0.6 is 0 Å². The first-order valence-electron chi connectivity index (χ1n) is 16.3. The van der Waals surface area contributed by atoms with Crippen molar-refractivity contribution in [1.29, 1.82) is 0 Å². The molecule has 0 spiro atoms. The average molecular weight is 618 g/mol. The number of para-hydroxylation sites is 2. The van der Waals surface area contributed by atoms with E-state index in [1.54, 1.807) is 0 Å². The van der Waals surface area contributed by atoms with Crippen LogP contribution in [0.4, 0.5) is 22.7 Å². The highest BCUT2D eigenvalue weighted by Gasteiger charge is 2.25. The van der Waals surface area contributed by atoms with E-state index in [2.05, 4.69) is 180 Å². The van der Waals surface area contributed by atoms with Crippen LogP contribution in [0.5, 0.6) is 0 Å². The van der Waals surface area contributed by atoms with Crippen molar-refractivity contribution in [2.75, 3.05) is 4.90 Å². The molecule has 1 aliphatic rings. The van der Waals surface area contributed by atoms with E-state index in [1.165, 1.54) is 22.3 Å². The number of rotatable bonds is 6. The van der Waals surface area contributed by atoms with Crippen molar-refractivity contribution in [1.82, 2.24) is 5.32 Å². The van der Waals surface area contributed by atoms with Gasteiger partial charge in [0.15, 0.2) is 0 Å². The number of furan rings is 1. The van der Waals surface area contributed by atoms with Crippen molar-refractivity contribution in [3.8, 4) is 11.1 Å². The number of hydrogen-bond donors (Lipinski definition) is 1. The maximum absolute atomic E-state index is 6.49. The summed E-state index contributed by atoms with van der Waals surface area (Å²) in [4.78, 5) is 7.43. The van der Waals surface area contributed by atoms with Crippen molar-refractivity contribution >= 4 is 50.5 Å². The Balaban J connectivity index is 1.19. The maximum atomic E-state index is 6.49. The Hall–Kier alpha value is -6.39. The highest BCUT2D eigenvalue weighted by atomic mass is 16.3. The van der Waals surface area contributed by atoms with Crippen molar-refractivity contribution in [2.24, 2.45) is 4.99 Å². The largest absolute Gasteiger partial charge is 0.456 e. The SMILES string of the molecule is c1ccc(-c2ccc(N(c3ccccc3)c3cccc4oc5ccc(C6=Nc7ccccc7C(c7ccccc7)N6)cc5c34)cc2)cc1. The number of hydrogen-bond acceptors (Lipinski definition) is 4. The third-order valence-corrected chi connectivity index (χ3v) is 9.13. The lowest BCUT2D eigenvalue weighted by Crippen LogP contribution is -2.32. The molecule has 0 saturated heterocycles. The molecule has 228 valence electrons. The molecular weight excluding hydrogens is 587 g/mol. The summed E-state index contributed by atoms with van der Waals surface area (Å²) in [6, 6.07) is 61.4. The van der Waals surface area contributed by atoms with E-state index >= 15 is 0 Å². The van der Waals surface area contributed by atoms with Gasteiger partial charge in [-0.15, -0.1) is 0 Å². The van der Waals surface area contributed by atoms with Gasteiger partial charge in [-0.2, -0.15) is 0 Å². The Morgan fingerprint density at radius 2 is 1.17 bits per heavy atom. The Morgan fingerprint density at radius 3 is 1.96 bits per heavy atom. The second-order valence-electron chi connectivity index (χ2n) is 12.1. The van der Waals surface area contributed by atoms with E-state index in [0.29, 0.717) is 0 Å². The molecule has 7 aromatic carbocycles. The summed E-state index contributed by atoms with van der Waals surface area (Å²) in [5.74, 6) is 0.840. The summed E-state index contributed by atoms with van der Waals surface area (Å²) in [5.41, 5.74) is 11.6. The van der Waals surface area contributed by atoms with Crippen LogP contribution in [0.2, 0.25) is 0 Å². The number of benzene rings is 7. The summed E-state index contributed by atoms with van der Waals surface area (Å²) in [6.07, 6.45) is 0. The number of amidine groups is 1. The second-order valence-corrected chi connectivity index (χ2v) is 12.1. The minimum atomic E-state index is -0.00492. The number of fused-ring (bicyclic) bond motifs is 4. The first-order chi connectivity index (χ1) is 23.8. The van der Waals surface area contributed by atoms with Crippen LogP contribution in [0, 0.1) is 0 Å². The zero-order valence-electron chi connectivity index (χ0n) is 26.1. The van der Waals surface area contributed by atoms with E-state index in [-0.39, 0.29) is 6.04 Å². The van der Waals surface area contributed by atoms with Crippen LogP contribution in [0.25, 0.3) is 33.1 Å². The standard InChI is InChI=1S/C44H31N3O/c1-4-13-30(14-5-1)31-23-26-35(27-24-31)47(34-17-8-3-9-18-34)39-21-12-22-41-42(39)37-29-33(25-28-40(37)48-41)44-45-38-20-11-10-19-36(38)43(46-44)32-15-6-2-7-16-32/h1-29,43H,(H,45,46). The van der Waals surface area contributed by atoms with Crippen molar-refractivity contribution in [3.05, 3.63) is 193 Å². The van der Waals surface area contributed by atoms with E-state index < -0.39 is 0 Å². The molecule has 0 aliphatic carbocycles. The molecule has 1 atom stereocenters. The molecule has 1 N–H and O–H groups in total. The fraction of sp³-hybridized carbons (Fsp3) is 0.0227. The number of anilines is 3. The molecule has 8 aromatic rings. The van der Waals surface area contributed by atoms with Crippen molar-refractivity contribution < 1.29 is 4.42 Å². The summed E-state index contributed by atoms with van der Waals surface area (Å²) in [7, 11) is 0. The third kappa shape index (κ3) is 4.91. The summed E-state index contributed by atoms with van der Waals surface area (Å²) >= 11 is 0. The van der Waals surface area contributed by atoms with E-state index in [0.717, 1.165) is 56.1 Å². The predicted octanol–water partition coefficient (Wildman–Crippen LogP) is 11.5. The Kier molecular flexibility index (Phi) is 6.83. The van der Waals surface area contributed by atoms with E-state index in [1.807, 2.05) is 6.07 Å². The molecule has 4 nitrogen and oxygen atoms in total. The second kappa shape index (κ2) is 11.8.